The van der Waals surface area contributed by atoms with Gasteiger partial charge in [0.15, 0.2) is 4.80 Å². The van der Waals surface area contributed by atoms with Crippen LogP contribution in [0.3, 0.4) is 0 Å². The molecule has 0 aliphatic heterocycles. The second kappa shape index (κ2) is 8.79. The van der Waals surface area contributed by atoms with Crippen LogP contribution in [0.15, 0.2) is 77.1 Å². The average molecular weight is 456 g/mol. The minimum absolute atomic E-state index is 0.101. The predicted octanol–water partition coefficient (Wildman–Crippen LogP) is 6.90. The number of benzene rings is 3. The highest BCUT2D eigenvalue weighted by Crippen LogP contribution is 2.36. The van der Waals surface area contributed by atoms with E-state index in [1.807, 2.05) is 12.1 Å². The molecule has 0 fully saturated rings. The maximum atomic E-state index is 11.2. The van der Waals surface area contributed by atoms with Gasteiger partial charge in [0.05, 0.1) is 22.3 Å². The van der Waals surface area contributed by atoms with E-state index in [-0.39, 0.29) is 16.7 Å². The van der Waals surface area contributed by atoms with Crippen molar-refractivity contribution in [1.82, 2.24) is 4.57 Å². The SMILES string of the molecule is Cc1cccc(C)c1N=c1scc(-c2ccc([N+](=O)[O-])cc2)n1C1CCCc2ccccc21. The molecule has 1 aliphatic rings. The van der Waals surface area contributed by atoms with E-state index in [0.29, 0.717) is 0 Å². The van der Waals surface area contributed by atoms with Crippen LogP contribution in [0.5, 0.6) is 0 Å². The van der Waals surface area contributed by atoms with Crippen LogP contribution < -0.4 is 4.80 Å². The van der Waals surface area contributed by atoms with E-state index in [9.17, 15) is 10.1 Å². The quantitative estimate of drug-likeness (QED) is 0.248. The first-order valence-electron chi connectivity index (χ1n) is 11.2. The van der Waals surface area contributed by atoms with Crippen LogP contribution in [-0.2, 0) is 6.42 Å². The Morgan fingerprint density at radius 1 is 1.00 bits per heavy atom. The summed E-state index contributed by atoms with van der Waals surface area (Å²) in [6.07, 6.45) is 3.24. The molecule has 0 amide bonds. The van der Waals surface area contributed by atoms with Crippen molar-refractivity contribution in [2.45, 2.75) is 39.2 Å². The summed E-state index contributed by atoms with van der Waals surface area (Å²) in [7, 11) is 0. The largest absolute Gasteiger partial charge is 0.309 e. The standard InChI is InChI=1S/C27H25N3O2S/c1-18-7-5-8-19(2)26(18)28-27-29(24-12-6-10-20-9-3-4-11-23(20)24)25(17-33-27)21-13-15-22(16-14-21)30(31)32/h3-5,7-9,11,13-17,24H,6,10,12H2,1-2H3. The van der Waals surface area contributed by atoms with Gasteiger partial charge in [0, 0.05) is 17.5 Å². The number of hydrogen-bond acceptors (Lipinski definition) is 4. The van der Waals surface area contributed by atoms with Crippen LogP contribution in [0.4, 0.5) is 11.4 Å². The zero-order chi connectivity index (χ0) is 22.9. The van der Waals surface area contributed by atoms with Crippen molar-refractivity contribution < 1.29 is 4.92 Å². The monoisotopic (exact) mass is 455 g/mol. The van der Waals surface area contributed by atoms with E-state index in [2.05, 4.69) is 66.3 Å². The Labute approximate surface area is 196 Å². The van der Waals surface area contributed by atoms with E-state index in [1.54, 1.807) is 23.5 Å². The molecule has 4 aromatic rings. The molecule has 166 valence electrons. The number of nitro groups is 1. The van der Waals surface area contributed by atoms with Gasteiger partial charge in [-0.3, -0.25) is 10.1 Å². The highest BCUT2D eigenvalue weighted by Gasteiger charge is 2.25. The maximum absolute atomic E-state index is 11.2. The Hall–Kier alpha value is -3.51. The molecule has 0 radical (unpaired) electrons. The van der Waals surface area contributed by atoms with Crippen LogP contribution in [0, 0.1) is 24.0 Å². The number of hydrogen-bond donors (Lipinski definition) is 0. The second-order valence-electron chi connectivity index (χ2n) is 8.54. The number of nitro benzene ring substituents is 1. The molecule has 0 spiro atoms. The van der Waals surface area contributed by atoms with Crippen molar-refractivity contribution >= 4 is 22.7 Å². The molecule has 1 aliphatic carbocycles. The number of thiazole rings is 1. The maximum Gasteiger partial charge on any atom is 0.269 e. The average Bonchev–Trinajstić information content (AvgIpc) is 3.24. The van der Waals surface area contributed by atoms with Crippen LogP contribution >= 0.6 is 11.3 Å². The van der Waals surface area contributed by atoms with Gasteiger partial charge in [-0.15, -0.1) is 11.3 Å². The Morgan fingerprint density at radius 2 is 1.73 bits per heavy atom. The number of rotatable bonds is 4. The number of aryl methyl sites for hydroxylation is 3. The summed E-state index contributed by atoms with van der Waals surface area (Å²) < 4.78 is 2.34. The third-order valence-electron chi connectivity index (χ3n) is 6.41. The van der Waals surface area contributed by atoms with E-state index in [4.69, 9.17) is 4.99 Å². The van der Waals surface area contributed by atoms with Crippen molar-refractivity contribution in [3.8, 4) is 11.3 Å². The third-order valence-corrected chi connectivity index (χ3v) is 7.25. The highest BCUT2D eigenvalue weighted by atomic mass is 32.1. The molecule has 0 saturated heterocycles. The summed E-state index contributed by atoms with van der Waals surface area (Å²) in [6.45, 7) is 4.19. The third kappa shape index (κ3) is 4.02. The van der Waals surface area contributed by atoms with Gasteiger partial charge >= 0.3 is 0 Å². The van der Waals surface area contributed by atoms with E-state index < -0.39 is 0 Å². The summed E-state index contributed by atoms with van der Waals surface area (Å²) in [4.78, 5) is 16.9. The fourth-order valence-corrected chi connectivity index (χ4v) is 5.69. The van der Waals surface area contributed by atoms with Crippen LogP contribution in [-0.4, -0.2) is 9.49 Å². The first-order chi connectivity index (χ1) is 16.0. The van der Waals surface area contributed by atoms with Crippen molar-refractivity contribution in [3.63, 3.8) is 0 Å². The summed E-state index contributed by atoms with van der Waals surface area (Å²) in [5.41, 5.74) is 8.14. The smallest absolute Gasteiger partial charge is 0.269 e. The normalized spacial score (nSPS) is 15.9. The lowest BCUT2D eigenvalue weighted by Gasteiger charge is -2.28. The van der Waals surface area contributed by atoms with Crippen LogP contribution in [0.2, 0.25) is 0 Å². The van der Waals surface area contributed by atoms with Gasteiger partial charge in [-0.25, -0.2) is 4.99 Å². The van der Waals surface area contributed by atoms with E-state index >= 15 is 0 Å². The molecule has 1 aromatic heterocycles. The Balaban J connectivity index is 1.74. The van der Waals surface area contributed by atoms with Crippen molar-refractivity contribution in [2.24, 2.45) is 4.99 Å². The topological polar surface area (TPSA) is 60.4 Å². The molecular formula is C27H25N3O2S. The molecule has 5 nitrogen and oxygen atoms in total. The Bertz CT molecular complexity index is 1380. The predicted molar refractivity (Wildman–Crippen MR) is 133 cm³/mol. The Kier molecular flexibility index (Phi) is 5.68. The summed E-state index contributed by atoms with van der Waals surface area (Å²) in [5.74, 6) is 0. The number of nitrogens with zero attached hydrogens (tertiary/aromatic N) is 3. The summed E-state index contributed by atoms with van der Waals surface area (Å²) in [6, 6.07) is 21.9. The van der Waals surface area contributed by atoms with E-state index in [0.717, 1.165) is 52.1 Å². The first kappa shape index (κ1) is 21.3. The van der Waals surface area contributed by atoms with Gasteiger partial charge in [0.1, 0.15) is 0 Å². The van der Waals surface area contributed by atoms with Gasteiger partial charge < -0.3 is 4.57 Å². The van der Waals surface area contributed by atoms with Gasteiger partial charge in [0.25, 0.3) is 5.69 Å². The lowest BCUT2D eigenvalue weighted by Crippen LogP contribution is -2.26. The first-order valence-corrected chi connectivity index (χ1v) is 12.0. The number of para-hydroxylation sites is 1. The highest BCUT2D eigenvalue weighted by molar-refractivity contribution is 7.07. The van der Waals surface area contributed by atoms with Crippen LogP contribution in [0.25, 0.3) is 11.3 Å². The number of fused-ring (bicyclic) bond motifs is 1. The van der Waals surface area contributed by atoms with Crippen molar-refractivity contribution in [3.05, 3.63) is 109 Å². The summed E-state index contributed by atoms with van der Waals surface area (Å²) in [5, 5.41) is 13.3. The molecule has 0 saturated carbocycles. The van der Waals surface area contributed by atoms with E-state index in [1.165, 1.54) is 11.1 Å². The lowest BCUT2D eigenvalue weighted by molar-refractivity contribution is -0.384. The van der Waals surface area contributed by atoms with Gasteiger partial charge in [-0.2, -0.15) is 0 Å². The van der Waals surface area contributed by atoms with Gasteiger partial charge in [-0.05, 0) is 73.1 Å². The fraction of sp³-hybridized carbons (Fsp3) is 0.222. The molecule has 1 atom stereocenters. The molecular weight excluding hydrogens is 430 g/mol. The molecule has 3 aromatic carbocycles. The van der Waals surface area contributed by atoms with Crippen molar-refractivity contribution in [1.29, 1.82) is 0 Å². The molecule has 6 heteroatoms. The second-order valence-corrected chi connectivity index (χ2v) is 9.37. The summed E-state index contributed by atoms with van der Waals surface area (Å²) >= 11 is 1.62. The van der Waals surface area contributed by atoms with Crippen LogP contribution in [0.1, 0.15) is 41.1 Å². The molecule has 5 rings (SSSR count). The molecule has 1 heterocycles. The minimum Gasteiger partial charge on any atom is -0.309 e. The number of aromatic nitrogens is 1. The fourth-order valence-electron chi connectivity index (χ4n) is 4.74. The molecule has 0 bridgehead atoms. The number of non-ortho nitro benzene ring substituents is 1. The minimum atomic E-state index is -0.357. The van der Waals surface area contributed by atoms with Gasteiger partial charge in [-0.1, -0.05) is 42.5 Å². The zero-order valence-corrected chi connectivity index (χ0v) is 19.5. The lowest BCUT2D eigenvalue weighted by atomic mass is 9.87. The van der Waals surface area contributed by atoms with Crippen molar-refractivity contribution in [2.75, 3.05) is 0 Å². The molecule has 0 N–H and O–H groups in total. The van der Waals surface area contributed by atoms with Gasteiger partial charge in [0.2, 0.25) is 0 Å². The molecule has 33 heavy (non-hydrogen) atoms. The molecule has 1 unspecified atom stereocenters. The Morgan fingerprint density at radius 3 is 2.45 bits per heavy atom. The zero-order valence-electron chi connectivity index (χ0n) is 18.7.